The molecule has 0 radical (unpaired) electrons. The fourth-order valence-corrected chi connectivity index (χ4v) is 3.39. The summed E-state index contributed by atoms with van der Waals surface area (Å²) in [6.07, 6.45) is 3.73. The molecule has 2 fully saturated rings. The van der Waals surface area contributed by atoms with E-state index in [1.54, 1.807) is 0 Å². The molecule has 0 bridgehead atoms. The predicted molar refractivity (Wildman–Crippen MR) is 72.2 cm³/mol. The topological polar surface area (TPSA) is 57.6 Å². The maximum atomic E-state index is 12.2. The molecule has 0 aromatic carbocycles. The van der Waals surface area contributed by atoms with Crippen molar-refractivity contribution >= 4 is 11.8 Å². The molecular formula is C15H25NO3. The second-order valence-corrected chi connectivity index (χ2v) is 7.20. The Labute approximate surface area is 115 Å². The van der Waals surface area contributed by atoms with Crippen molar-refractivity contribution in [3.8, 4) is 0 Å². The van der Waals surface area contributed by atoms with Crippen LogP contribution in [0.5, 0.6) is 0 Å². The molecule has 3 unspecified atom stereocenters. The largest absolute Gasteiger partial charge is 0.391 e. The normalized spacial score (nSPS) is 29.6. The monoisotopic (exact) mass is 267 g/mol. The van der Waals surface area contributed by atoms with Crippen molar-refractivity contribution in [3.05, 3.63) is 0 Å². The number of carbonyl (C=O) groups excluding carboxylic acids is 2. The molecule has 1 saturated carbocycles. The van der Waals surface area contributed by atoms with Crippen LogP contribution in [0.4, 0.5) is 0 Å². The van der Waals surface area contributed by atoms with Crippen molar-refractivity contribution in [2.75, 3.05) is 6.54 Å². The van der Waals surface area contributed by atoms with Crippen molar-refractivity contribution in [1.82, 2.24) is 4.90 Å². The van der Waals surface area contributed by atoms with Crippen LogP contribution >= 0.6 is 0 Å². The van der Waals surface area contributed by atoms with Crippen LogP contribution in [0.2, 0.25) is 0 Å². The molecule has 4 nitrogen and oxygen atoms in total. The molecule has 1 heterocycles. The van der Waals surface area contributed by atoms with E-state index in [4.69, 9.17) is 0 Å². The number of carbonyl (C=O) groups is 2. The lowest BCUT2D eigenvalue weighted by atomic mass is 9.81. The van der Waals surface area contributed by atoms with Gasteiger partial charge in [-0.15, -0.1) is 0 Å². The summed E-state index contributed by atoms with van der Waals surface area (Å²) in [5.41, 5.74) is -0.00199. The summed E-state index contributed by atoms with van der Waals surface area (Å²) in [5.74, 6) is -0.323. The Hall–Kier alpha value is -0.900. The van der Waals surface area contributed by atoms with E-state index >= 15 is 0 Å². The number of aliphatic hydroxyl groups is 1. The number of imide groups is 1. The Morgan fingerprint density at radius 3 is 2.05 bits per heavy atom. The van der Waals surface area contributed by atoms with E-state index in [0.29, 0.717) is 6.42 Å². The second-order valence-electron chi connectivity index (χ2n) is 7.20. The summed E-state index contributed by atoms with van der Waals surface area (Å²) >= 11 is 0. The summed E-state index contributed by atoms with van der Waals surface area (Å²) in [7, 11) is 0. The zero-order chi connectivity index (χ0) is 14.2. The Bertz CT molecular complexity index is 348. The molecule has 2 aliphatic rings. The van der Waals surface area contributed by atoms with Crippen molar-refractivity contribution in [2.24, 2.45) is 17.3 Å². The van der Waals surface area contributed by atoms with Crippen LogP contribution in [0.15, 0.2) is 0 Å². The molecular weight excluding hydrogens is 242 g/mol. The molecule has 1 aliphatic heterocycles. The summed E-state index contributed by atoms with van der Waals surface area (Å²) in [4.78, 5) is 25.8. The van der Waals surface area contributed by atoms with Crippen LogP contribution in [-0.2, 0) is 9.59 Å². The average molecular weight is 267 g/mol. The van der Waals surface area contributed by atoms with Gasteiger partial charge in [0.1, 0.15) is 0 Å². The molecule has 1 N–H and O–H groups in total. The predicted octanol–water partition coefficient (Wildman–Crippen LogP) is 1.96. The van der Waals surface area contributed by atoms with Gasteiger partial charge < -0.3 is 5.11 Å². The van der Waals surface area contributed by atoms with E-state index in [2.05, 4.69) is 0 Å². The quantitative estimate of drug-likeness (QED) is 0.795. The third kappa shape index (κ3) is 3.16. The van der Waals surface area contributed by atoms with Crippen LogP contribution in [0.3, 0.4) is 0 Å². The second kappa shape index (κ2) is 5.23. The Balaban J connectivity index is 2.00. The molecule has 19 heavy (non-hydrogen) atoms. The summed E-state index contributed by atoms with van der Waals surface area (Å²) in [6, 6.07) is 0. The maximum absolute atomic E-state index is 12.2. The molecule has 0 spiro atoms. The maximum Gasteiger partial charge on any atom is 0.233 e. The highest BCUT2D eigenvalue weighted by Gasteiger charge is 2.48. The highest BCUT2D eigenvalue weighted by molar-refractivity contribution is 6.05. The molecule has 108 valence electrons. The van der Waals surface area contributed by atoms with Crippen LogP contribution in [-0.4, -0.2) is 34.5 Å². The lowest BCUT2D eigenvalue weighted by Gasteiger charge is -2.25. The van der Waals surface area contributed by atoms with Crippen molar-refractivity contribution < 1.29 is 14.7 Å². The van der Waals surface area contributed by atoms with Gasteiger partial charge in [-0.25, -0.2) is 0 Å². The first-order valence-corrected chi connectivity index (χ1v) is 7.33. The van der Waals surface area contributed by atoms with Gasteiger partial charge in [0, 0.05) is 0 Å². The van der Waals surface area contributed by atoms with E-state index in [-0.39, 0.29) is 35.6 Å². The average Bonchev–Trinajstić information content (AvgIpc) is 2.53. The molecule has 0 aromatic rings. The van der Waals surface area contributed by atoms with Crippen LogP contribution in [0.1, 0.15) is 52.9 Å². The number of nitrogens with zero attached hydrogens (tertiary/aromatic N) is 1. The highest BCUT2D eigenvalue weighted by atomic mass is 16.3. The van der Waals surface area contributed by atoms with Crippen molar-refractivity contribution in [2.45, 2.75) is 59.0 Å². The number of amides is 2. The van der Waals surface area contributed by atoms with E-state index in [1.165, 1.54) is 4.90 Å². The third-order valence-corrected chi connectivity index (χ3v) is 4.17. The highest BCUT2D eigenvalue weighted by Crippen LogP contribution is 2.38. The van der Waals surface area contributed by atoms with Crippen LogP contribution in [0.25, 0.3) is 0 Å². The smallest absolute Gasteiger partial charge is 0.233 e. The minimum absolute atomic E-state index is 0.00199. The molecule has 4 heteroatoms. The van der Waals surface area contributed by atoms with Gasteiger partial charge >= 0.3 is 0 Å². The molecule has 2 amide bonds. The number of β-amino-alcohol motifs (C(OH)–C–C–N with tert-alkyl or cyclic N) is 1. The Morgan fingerprint density at radius 1 is 1.16 bits per heavy atom. The van der Waals surface area contributed by atoms with Gasteiger partial charge in [-0.2, -0.15) is 0 Å². The zero-order valence-corrected chi connectivity index (χ0v) is 12.2. The molecule has 2 rings (SSSR count). The minimum atomic E-state index is -0.618. The first-order chi connectivity index (χ1) is 8.79. The standard InChI is InChI=1S/C15H25NO3/c1-15(2,3)8-10(17)9-16-13(18)11-6-4-5-7-12(11)14(16)19/h10-12,17H,4-9H2,1-3H3. The molecule has 3 atom stereocenters. The zero-order valence-electron chi connectivity index (χ0n) is 12.2. The Morgan fingerprint density at radius 2 is 1.63 bits per heavy atom. The van der Waals surface area contributed by atoms with E-state index in [1.807, 2.05) is 20.8 Å². The minimum Gasteiger partial charge on any atom is -0.391 e. The van der Waals surface area contributed by atoms with Gasteiger partial charge in [0.2, 0.25) is 11.8 Å². The van der Waals surface area contributed by atoms with Gasteiger partial charge in [0.15, 0.2) is 0 Å². The number of hydrogen-bond donors (Lipinski definition) is 1. The first kappa shape index (κ1) is 14.5. The number of hydrogen-bond acceptors (Lipinski definition) is 3. The van der Waals surface area contributed by atoms with Crippen LogP contribution in [0, 0.1) is 17.3 Å². The molecule has 1 saturated heterocycles. The molecule has 0 aromatic heterocycles. The van der Waals surface area contributed by atoms with Gasteiger partial charge in [0.25, 0.3) is 0 Å². The number of likely N-dealkylation sites (tertiary alicyclic amines) is 1. The first-order valence-electron chi connectivity index (χ1n) is 7.33. The lowest BCUT2D eigenvalue weighted by Crippen LogP contribution is -2.39. The fourth-order valence-electron chi connectivity index (χ4n) is 3.39. The van der Waals surface area contributed by atoms with E-state index in [9.17, 15) is 14.7 Å². The van der Waals surface area contributed by atoms with Gasteiger partial charge in [-0.3, -0.25) is 14.5 Å². The summed E-state index contributed by atoms with van der Waals surface area (Å²) < 4.78 is 0. The third-order valence-electron chi connectivity index (χ3n) is 4.17. The SMILES string of the molecule is CC(C)(C)CC(O)CN1C(=O)C2CCCCC2C1=O. The molecule has 1 aliphatic carbocycles. The van der Waals surface area contributed by atoms with Gasteiger partial charge in [0.05, 0.1) is 24.5 Å². The van der Waals surface area contributed by atoms with Gasteiger partial charge in [-0.1, -0.05) is 33.6 Å². The van der Waals surface area contributed by atoms with E-state index in [0.717, 1.165) is 25.7 Å². The van der Waals surface area contributed by atoms with Gasteiger partial charge in [-0.05, 0) is 24.7 Å². The number of aliphatic hydroxyl groups excluding tert-OH is 1. The summed E-state index contributed by atoms with van der Waals surface area (Å²) in [6.45, 7) is 6.30. The summed E-state index contributed by atoms with van der Waals surface area (Å²) in [5, 5.41) is 10.1. The lowest BCUT2D eigenvalue weighted by molar-refractivity contribution is -0.141. The fraction of sp³-hybridized carbons (Fsp3) is 0.867. The van der Waals surface area contributed by atoms with Crippen LogP contribution < -0.4 is 0 Å². The number of fused-ring (bicyclic) bond motifs is 1. The van der Waals surface area contributed by atoms with E-state index < -0.39 is 6.10 Å². The number of rotatable bonds is 3. The Kier molecular flexibility index (Phi) is 4.00. The van der Waals surface area contributed by atoms with Crippen molar-refractivity contribution in [3.63, 3.8) is 0 Å². The van der Waals surface area contributed by atoms with Crippen molar-refractivity contribution in [1.29, 1.82) is 0 Å².